The van der Waals surface area contributed by atoms with Crippen LogP contribution in [0.3, 0.4) is 0 Å². The van der Waals surface area contributed by atoms with Crippen molar-refractivity contribution < 1.29 is 92.3 Å². The molecule has 41 nitrogen and oxygen atoms in total. The minimum atomic E-state index is -1.95. The summed E-state index contributed by atoms with van der Waals surface area (Å²) in [6.07, 6.45) is -0.244. The highest BCUT2D eigenvalue weighted by molar-refractivity contribution is 8.76. The zero-order chi connectivity index (χ0) is 81.6. The number of aliphatic carboxylic acids is 2. The van der Waals surface area contributed by atoms with E-state index >= 15 is 24.0 Å². The third-order valence-electron chi connectivity index (χ3n) is 19.3. The number of aryl methyl sites for hydroxylation is 1. The van der Waals surface area contributed by atoms with E-state index in [2.05, 4.69) is 68.5 Å². The molecular formula is C68H106N22O19S2. The Morgan fingerprint density at radius 1 is 0.676 bits per heavy atom. The fourth-order valence-corrected chi connectivity index (χ4v) is 15.3. The van der Waals surface area contributed by atoms with Gasteiger partial charge >= 0.3 is 11.9 Å². The Balaban J connectivity index is 1.48. The lowest BCUT2D eigenvalue weighted by molar-refractivity contribution is -0.149. The maximum Gasteiger partial charge on any atom is 0.326 e. The zero-order valence-electron chi connectivity index (χ0n) is 62.3. The molecule has 13 amide bonds. The molecule has 614 valence electrons. The second-order valence-electron chi connectivity index (χ2n) is 27.5. The standard InChI is InChI=1S/C68H106N22O19S2/c1-4-36(2)53-66(107)90-26-13-20-50(90)65(106)89-25-12-19-49(89)61(102)76-42(21-27-87-32-39(30-70)85-86-87)57(98)81-46(59(100)78-43(28-38-14-6-5-7-15-38)64(105)88-24-11-18-48(88)62(103)79-44(67(108)109)29-52(94)95)34-110-111-35-47(82-55(96)40(75-51(93)31-71)17-10-23-74-68(72)73)60(101)84-54(37(3)92)63(104)77-41(16-8-9-22-69)56(97)80-45(33-91)58(99)83-53/h5-7,14-15,32,36-37,40-50,53-54,91-92H,4,8-13,16-31,33-35,69-71H2,1-3H3,(H,75,93)(H,76,102)(H,77,104)(H,78,100)(H,79,103)(H,80,97)(H,81,98)(H,82,96)(H,83,99)(H,84,101)(H,94,95)(H,108,109)(H4,72,73,74)/t36-,37+,40-,41-,42-,43-,44-,45-,46-,47-,48-,49-,50-,53-,54-/m0/s1. The lowest BCUT2D eigenvalue weighted by Crippen LogP contribution is -2.62. The van der Waals surface area contributed by atoms with Crippen molar-refractivity contribution in [2.45, 2.75) is 215 Å². The van der Waals surface area contributed by atoms with Crippen molar-refractivity contribution in [3.8, 4) is 0 Å². The number of rotatable bonds is 30. The molecule has 2 aromatic rings. The van der Waals surface area contributed by atoms with Gasteiger partial charge in [-0.25, -0.2) is 4.79 Å². The molecule has 0 bridgehead atoms. The van der Waals surface area contributed by atoms with E-state index in [0.717, 1.165) is 33.4 Å². The van der Waals surface area contributed by atoms with Crippen LogP contribution in [0.5, 0.6) is 0 Å². The predicted molar refractivity (Wildman–Crippen MR) is 401 cm³/mol. The molecule has 0 radical (unpaired) electrons. The monoisotopic (exact) mass is 1600 g/mol. The number of guanidine groups is 1. The first-order chi connectivity index (χ1) is 52.9. The van der Waals surface area contributed by atoms with Crippen molar-refractivity contribution in [1.29, 1.82) is 0 Å². The molecule has 1 aromatic carbocycles. The first-order valence-electron chi connectivity index (χ1n) is 36.9. The summed E-state index contributed by atoms with van der Waals surface area (Å²) in [5, 5.41) is 74.9. The fraction of sp³-hybridized carbons (Fsp3) is 0.647. The molecule has 5 heterocycles. The Morgan fingerprint density at radius 2 is 1.30 bits per heavy atom. The smallest absolute Gasteiger partial charge is 0.326 e. The van der Waals surface area contributed by atoms with E-state index in [1.807, 2.05) is 0 Å². The van der Waals surface area contributed by atoms with Crippen molar-refractivity contribution in [1.82, 2.24) is 82.9 Å². The number of carboxylic acids is 2. The van der Waals surface area contributed by atoms with Crippen LogP contribution in [0.2, 0.25) is 0 Å². The molecule has 43 heteroatoms. The molecule has 0 aliphatic carbocycles. The van der Waals surface area contributed by atoms with Crippen molar-refractivity contribution in [3.63, 3.8) is 0 Å². The van der Waals surface area contributed by atoms with E-state index in [1.54, 1.807) is 44.2 Å². The Kier molecular flexibility index (Phi) is 36.4. The number of nitrogens with zero attached hydrogens (tertiary/aromatic N) is 7. The molecule has 24 N–H and O–H groups in total. The number of aromatic nitrogens is 3. The number of benzene rings is 1. The van der Waals surface area contributed by atoms with Gasteiger partial charge in [0.25, 0.3) is 0 Å². The van der Waals surface area contributed by atoms with Crippen LogP contribution in [0.25, 0.3) is 0 Å². The van der Waals surface area contributed by atoms with E-state index in [-0.39, 0.29) is 122 Å². The number of amides is 13. The van der Waals surface area contributed by atoms with Crippen LogP contribution in [0.1, 0.15) is 122 Å². The van der Waals surface area contributed by atoms with Crippen LogP contribution in [-0.2, 0) is 91.4 Å². The molecule has 0 unspecified atom stereocenters. The normalized spacial score (nSPS) is 24.3. The second kappa shape index (κ2) is 44.9. The van der Waals surface area contributed by atoms with Gasteiger partial charge in [0.05, 0.1) is 31.4 Å². The van der Waals surface area contributed by atoms with Gasteiger partial charge in [-0.1, -0.05) is 77.4 Å². The van der Waals surface area contributed by atoms with Crippen LogP contribution in [-0.4, -0.2) is 287 Å². The van der Waals surface area contributed by atoms with E-state index in [0.29, 0.717) is 30.5 Å². The molecule has 4 aliphatic rings. The van der Waals surface area contributed by atoms with Gasteiger partial charge in [-0.15, -0.1) is 5.10 Å². The Labute approximate surface area is 648 Å². The number of carbonyl (C=O) groups is 15. The molecule has 6 rings (SSSR count). The van der Waals surface area contributed by atoms with Crippen molar-refractivity contribution in [3.05, 3.63) is 47.8 Å². The van der Waals surface area contributed by atoms with E-state index in [1.165, 1.54) is 20.7 Å². The Hall–Kier alpha value is -9.82. The van der Waals surface area contributed by atoms with Gasteiger partial charge in [0.2, 0.25) is 76.8 Å². The Morgan fingerprint density at radius 3 is 1.93 bits per heavy atom. The maximum absolute atomic E-state index is 15.4. The maximum atomic E-state index is 15.4. The number of aliphatic imine (C=N–C) groups is 1. The molecule has 15 atom stereocenters. The number of nitrogens with two attached hydrogens (primary N) is 5. The van der Waals surface area contributed by atoms with Crippen LogP contribution < -0.4 is 81.8 Å². The summed E-state index contributed by atoms with van der Waals surface area (Å²) in [5.41, 5.74) is 29.2. The highest BCUT2D eigenvalue weighted by Gasteiger charge is 2.47. The zero-order valence-corrected chi connectivity index (χ0v) is 63.9. The highest BCUT2D eigenvalue weighted by atomic mass is 33.1. The molecule has 1 aromatic heterocycles. The van der Waals surface area contributed by atoms with Crippen molar-refractivity contribution in [2.75, 3.05) is 57.4 Å². The van der Waals surface area contributed by atoms with E-state index < -0.39 is 210 Å². The molecule has 0 spiro atoms. The predicted octanol–water partition coefficient (Wildman–Crippen LogP) is -7.29. The number of hydrogen-bond donors (Lipinski definition) is 19. The number of aliphatic hydroxyl groups is 2. The fourth-order valence-electron chi connectivity index (χ4n) is 13.0. The first-order valence-corrected chi connectivity index (χ1v) is 39.4. The lowest BCUT2D eigenvalue weighted by atomic mass is 9.96. The summed E-state index contributed by atoms with van der Waals surface area (Å²) in [4.78, 5) is 222. The van der Waals surface area contributed by atoms with Gasteiger partial charge in [0, 0.05) is 63.4 Å². The van der Waals surface area contributed by atoms with E-state index in [9.17, 15) is 68.4 Å². The number of unbranched alkanes of at least 4 members (excludes halogenated alkanes) is 1. The minimum Gasteiger partial charge on any atom is -0.481 e. The summed E-state index contributed by atoms with van der Waals surface area (Å²) in [7, 11) is 1.59. The number of fused-ring (bicyclic) bond motifs is 2. The SMILES string of the molecule is CC[C@H](C)[C@@H]1NC(=O)[C@H](CO)NC(=O)[C@H](CCCCN)NC(=O)[C@H]([C@@H](C)O)NC(=O)[C@@H](NC(=O)[C@H](CCCN=C(N)N)NC(=O)CN)CSSC[C@@H](C(=O)N[C@@H](Cc2ccccc2)C(=O)N2CCC[C@H]2C(=O)N[C@@H](CC(=O)O)C(=O)O)NC(=O)[C@H](CCn2cc(CN)nn2)NC(=O)[C@@H]2CCCN2C(=O)[C@@H]2CCCN2C1=O. The molecule has 4 fully saturated rings. The third-order valence-corrected chi connectivity index (χ3v) is 21.7. The van der Waals surface area contributed by atoms with Crippen molar-refractivity contribution >= 4 is 116 Å². The summed E-state index contributed by atoms with van der Waals surface area (Å²) >= 11 is 0. The van der Waals surface area contributed by atoms with Gasteiger partial charge in [-0.2, -0.15) is 0 Å². The summed E-state index contributed by atoms with van der Waals surface area (Å²) in [6, 6.07) is -12.2. The largest absolute Gasteiger partial charge is 0.481 e. The quantitative estimate of drug-likeness (QED) is 0.0150. The number of hydrogen-bond acceptors (Lipinski definition) is 25. The molecular weight excluding hydrogens is 1490 g/mol. The average Bonchev–Trinajstić information content (AvgIpc) is 1.73. The Bertz CT molecular complexity index is 3610. The number of aliphatic hydroxyl groups excluding tert-OH is 2. The van der Waals surface area contributed by atoms with Gasteiger partial charge in [-0.05, 0) is 102 Å². The average molecular weight is 1600 g/mol. The molecule has 111 heavy (non-hydrogen) atoms. The third kappa shape index (κ3) is 27.0. The topological polar surface area (TPSA) is 640 Å². The number of carbonyl (C=O) groups excluding carboxylic acids is 13. The molecule has 4 saturated heterocycles. The highest BCUT2D eigenvalue weighted by Crippen LogP contribution is 2.29. The van der Waals surface area contributed by atoms with Crippen LogP contribution in [0.4, 0.5) is 0 Å². The van der Waals surface area contributed by atoms with Crippen LogP contribution >= 0.6 is 21.6 Å². The molecule has 4 aliphatic heterocycles. The van der Waals surface area contributed by atoms with Gasteiger partial charge < -0.3 is 117 Å². The summed E-state index contributed by atoms with van der Waals surface area (Å²) in [6.45, 7) is 2.85. The molecule has 0 saturated carbocycles. The van der Waals surface area contributed by atoms with Gasteiger partial charge in [0.1, 0.15) is 78.5 Å². The van der Waals surface area contributed by atoms with Gasteiger partial charge in [-0.3, -0.25) is 76.8 Å². The van der Waals surface area contributed by atoms with Crippen LogP contribution in [0.15, 0.2) is 41.5 Å². The first kappa shape index (κ1) is 90.1. The number of carboxylic acid groups (broad SMARTS) is 2. The number of likely N-dealkylation sites (tertiary alicyclic amines) is 1. The van der Waals surface area contributed by atoms with E-state index in [4.69, 9.17) is 28.7 Å². The second-order valence-corrected chi connectivity index (χ2v) is 30.0. The van der Waals surface area contributed by atoms with Crippen LogP contribution in [0, 0.1) is 5.92 Å². The number of nitrogens with one attached hydrogen (secondary N) is 10. The van der Waals surface area contributed by atoms with Crippen molar-refractivity contribution in [2.24, 2.45) is 39.6 Å². The lowest BCUT2D eigenvalue weighted by Gasteiger charge is -2.35. The summed E-state index contributed by atoms with van der Waals surface area (Å²) in [5.74, 6) is -17.4. The van der Waals surface area contributed by atoms with Gasteiger partial charge in [0.15, 0.2) is 5.96 Å². The summed E-state index contributed by atoms with van der Waals surface area (Å²) < 4.78 is 1.34. The minimum absolute atomic E-state index is 0.00794.